The predicted octanol–water partition coefficient (Wildman–Crippen LogP) is 2.04. The van der Waals surface area contributed by atoms with Gasteiger partial charge in [-0.05, 0) is 33.6 Å². The van der Waals surface area contributed by atoms with Gasteiger partial charge in [-0.2, -0.15) is 5.10 Å². The normalized spacial score (nSPS) is 15.5. The maximum Gasteiger partial charge on any atom is 0.254 e. The van der Waals surface area contributed by atoms with Gasteiger partial charge in [0.1, 0.15) is 5.82 Å². The van der Waals surface area contributed by atoms with Crippen LogP contribution in [-0.4, -0.2) is 45.0 Å². The molecular weight excluding hydrogens is 318 g/mol. The smallest absolute Gasteiger partial charge is 0.254 e. The van der Waals surface area contributed by atoms with E-state index in [9.17, 15) is 4.79 Å². The molecule has 0 radical (unpaired) electrons. The van der Waals surface area contributed by atoms with Crippen LogP contribution in [0.15, 0.2) is 12.4 Å². The number of nitrogens with zero attached hydrogens (tertiary/aromatic N) is 4. The highest BCUT2D eigenvalue weighted by Gasteiger charge is 2.21. The molecule has 7 heteroatoms. The van der Waals surface area contributed by atoms with E-state index in [1.165, 1.54) is 0 Å². The van der Waals surface area contributed by atoms with E-state index in [0.29, 0.717) is 18.0 Å². The molecule has 3 heterocycles. The first-order chi connectivity index (χ1) is 12.1. The maximum absolute atomic E-state index is 12.4. The summed E-state index contributed by atoms with van der Waals surface area (Å²) in [5.41, 5.74) is 2.68. The third kappa shape index (κ3) is 3.76. The molecule has 0 aliphatic carbocycles. The molecule has 1 fully saturated rings. The Morgan fingerprint density at radius 1 is 1.32 bits per heavy atom. The lowest BCUT2D eigenvalue weighted by Crippen LogP contribution is -2.29. The molecule has 2 aromatic heterocycles. The zero-order valence-corrected chi connectivity index (χ0v) is 15.3. The Bertz CT molecular complexity index is 728. The van der Waals surface area contributed by atoms with Gasteiger partial charge in [0, 0.05) is 56.4 Å². The van der Waals surface area contributed by atoms with E-state index in [2.05, 4.69) is 26.9 Å². The first kappa shape index (κ1) is 17.7. The standard InChI is InChI=1S/C18H27N5O2/c1-4-23-14(3)16(12-21-23)18(24)19-7-8-22-13(2)11-20-17(22)15-5-9-25-10-6-15/h11-12,15H,4-10H2,1-3H3,(H,19,24). The number of rotatable bonds is 6. The van der Waals surface area contributed by atoms with Gasteiger partial charge >= 0.3 is 0 Å². The van der Waals surface area contributed by atoms with Crippen molar-refractivity contribution in [2.75, 3.05) is 19.8 Å². The van der Waals surface area contributed by atoms with Crippen molar-refractivity contribution >= 4 is 5.91 Å². The number of ether oxygens (including phenoxy) is 1. The van der Waals surface area contributed by atoms with Gasteiger partial charge in [0.15, 0.2) is 0 Å². The number of amides is 1. The second-order valence-corrected chi connectivity index (χ2v) is 6.51. The third-order valence-corrected chi connectivity index (χ3v) is 4.94. The van der Waals surface area contributed by atoms with Crippen molar-refractivity contribution in [2.24, 2.45) is 0 Å². The van der Waals surface area contributed by atoms with Crippen molar-refractivity contribution in [2.45, 2.75) is 52.6 Å². The molecule has 0 aromatic carbocycles. The molecule has 1 amide bonds. The highest BCUT2D eigenvalue weighted by atomic mass is 16.5. The SMILES string of the molecule is CCn1ncc(C(=O)NCCn2c(C)cnc2C2CCOCC2)c1C. The van der Waals surface area contributed by atoms with Crippen molar-refractivity contribution < 1.29 is 9.53 Å². The number of aromatic nitrogens is 4. The zero-order valence-electron chi connectivity index (χ0n) is 15.3. The van der Waals surface area contributed by atoms with Crippen molar-refractivity contribution in [1.29, 1.82) is 0 Å². The number of nitrogens with one attached hydrogen (secondary N) is 1. The summed E-state index contributed by atoms with van der Waals surface area (Å²) in [4.78, 5) is 17.0. The highest BCUT2D eigenvalue weighted by molar-refractivity contribution is 5.94. The van der Waals surface area contributed by atoms with E-state index >= 15 is 0 Å². The fraction of sp³-hybridized carbons (Fsp3) is 0.611. The fourth-order valence-electron chi connectivity index (χ4n) is 3.42. The Labute approximate surface area is 148 Å². The second kappa shape index (κ2) is 7.82. The molecule has 25 heavy (non-hydrogen) atoms. The quantitative estimate of drug-likeness (QED) is 0.869. The van der Waals surface area contributed by atoms with E-state index in [4.69, 9.17) is 4.74 Å². The van der Waals surface area contributed by atoms with Gasteiger partial charge in [0.2, 0.25) is 0 Å². The van der Waals surface area contributed by atoms with Crippen LogP contribution in [0.3, 0.4) is 0 Å². The third-order valence-electron chi connectivity index (χ3n) is 4.94. The molecule has 7 nitrogen and oxygen atoms in total. The summed E-state index contributed by atoms with van der Waals surface area (Å²) >= 11 is 0. The molecule has 0 unspecified atom stereocenters. The minimum Gasteiger partial charge on any atom is -0.381 e. The van der Waals surface area contributed by atoms with Crippen LogP contribution >= 0.6 is 0 Å². The number of carbonyl (C=O) groups is 1. The van der Waals surface area contributed by atoms with Crippen LogP contribution in [0.25, 0.3) is 0 Å². The van der Waals surface area contributed by atoms with E-state index < -0.39 is 0 Å². The molecule has 1 aliphatic heterocycles. The first-order valence-corrected chi connectivity index (χ1v) is 9.02. The Morgan fingerprint density at radius 2 is 2.08 bits per heavy atom. The Balaban J connectivity index is 1.61. The molecule has 1 aliphatic rings. The van der Waals surface area contributed by atoms with Gasteiger partial charge in [0.05, 0.1) is 11.8 Å². The summed E-state index contributed by atoms with van der Waals surface area (Å²) in [6.45, 7) is 9.67. The van der Waals surface area contributed by atoms with Crippen LogP contribution < -0.4 is 5.32 Å². The Hall–Kier alpha value is -2.15. The van der Waals surface area contributed by atoms with E-state index in [1.54, 1.807) is 6.20 Å². The minimum atomic E-state index is -0.0671. The summed E-state index contributed by atoms with van der Waals surface area (Å²) in [5, 5.41) is 7.24. The van der Waals surface area contributed by atoms with Crippen molar-refractivity contribution in [1.82, 2.24) is 24.6 Å². The summed E-state index contributed by atoms with van der Waals surface area (Å²) in [6, 6.07) is 0. The van der Waals surface area contributed by atoms with Gasteiger partial charge in [-0.3, -0.25) is 9.48 Å². The van der Waals surface area contributed by atoms with Crippen LogP contribution in [0.2, 0.25) is 0 Å². The molecule has 0 saturated carbocycles. The molecule has 0 atom stereocenters. The Kier molecular flexibility index (Phi) is 5.53. The molecule has 1 saturated heterocycles. The summed E-state index contributed by atoms with van der Waals surface area (Å²) in [7, 11) is 0. The number of imidazole rings is 1. The Morgan fingerprint density at radius 3 is 2.76 bits per heavy atom. The van der Waals surface area contributed by atoms with Gasteiger partial charge in [-0.15, -0.1) is 0 Å². The number of hydrogen-bond donors (Lipinski definition) is 1. The fourth-order valence-corrected chi connectivity index (χ4v) is 3.42. The molecule has 0 spiro atoms. The highest BCUT2D eigenvalue weighted by Crippen LogP contribution is 2.26. The van der Waals surface area contributed by atoms with Crippen LogP contribution in [0, 0.1) is 13.8 Å². The van der Waals surface area contributed by atoms with Crippen LogP contribution in [0.1, 0.15) is 53.3 Å². The monoisotopic (exact) mass is 345 g/mol. The minimum absolute atomic E-state index is 0.0671. The lowest BCUT2D eigenvalue weighted by Gasteiger charge is -2.23. The van der Waals surface area contributed by atoms with Gasteiger partial charge in [-0.1, -0.05) is 0 Å². The van der Waals surface area contributed by atoms with E-state index in [1.807, 2.05) is 24.7 Å². The van der Waals surface area contributed by atoms with Crippen molar-refractivity contribution in [3.05, 3.63) is 35.2 Å². The number of aryl methyl sites for hydroxylation is 2. The second-order valence-electron chi connectivity index (χ2n) is 6.51. The van der Waals surface area contributed by atoms with Gasteiger partial charge < -0.3 is 14.6 Å². The summed E-state index contributed by atoms with van der Waals surface area (Å²) in [6.07, 6.45) is 5.59. The van der Waals surface area contributed by atoms with Crippen LogP contribution in [0.4, 0.5) is 0 Å². The number of hydrogen-bond acceptors (Lipinski definition) is 4. The van der Waals surface area contributed by atoms with Gasteiger partial charge in [-0.25, -0.2) is 4.98 Å². The molecular formula is C18H27N5O2. The largest absolute Gasteiger partial charge is 0.381 e. The lowest BCUT2D eigenvalue weighted by atomic mass is 9.99. The van der Waals surface area contributed by atoms with E-state index in [-0.39, 0.29) is 5.91 Å². The lowest BCUT2D eigenvalue weighted by molar-refractivity contribution is 0.0827. The van der Waals surface area contributed by atoms with E-state index in [0.717, 1.165) is 56.4 Å². The summed E-state index contributed by atoms with van der Waals surface area (Å²) < 4.78 is 9.50. The zero-order chi connectivity index (χ0) is 17.8. The molecule has 2 aromatic rings. The van der Waals surface area contributed by atoms with Crippen molar-refractivity contribution in [3.63, 3.8) is 0 Å². The van der Waals surface area contributed by atoms with Crippen LogP contribution in [0.5, 0.6) is 0 Å². The average Bonchev–Trinajstić information content (AvgIpc) is 3.18. The summed E-state index contributed by atoms with van der Waals surface area (Å²) in [5.74, 6) is 1.50. The van der Waals surface area contributed by atoms with Crippen molar-refractivity contribution in [3.8, 4) is 0 Å². The van der Waals surface area contributed by atoms with Crippen LogP contribution in [-0.2, 0) is 17.8 Å². The first-order valence-electron chi connectivity index (χ1n) is 9.02. The topological polar surface area (TPSA) is 74.0 Å². The molecule has 0 bridgehead atoms. The number of carbonyl (C=O) groups excluding carboxylic acids is 1. The van der Waals surface area contributed by atoms with Gasteiger partial charge in [0.25, 0.3) is 5.91 Å². The average molecular weight is 345 g/mol. The predicted molar refractivity (Wildman–Crippen MR) is 94.7 cm³/mol. The molecule has 3 rings (SSSR count). The molecule has 136 valence electrons. The maximum atomic E-state index is 12.4. The molecule has 1 N–H and O–H groups in total.